The van der Waals surface area contributed by atoms with Crippen LogP contribution in [0, 0.1) is 0 Å². The van der Waals surface area contributed by atoms with Crippen LogP contribution in [0.4, 0.5) is 0 Å². The number of nitrogens with zero attached hydrogens (tertiary/aromatic N) is 2. The average molecular weight is 470 g/mol. The molecule has 0 spiro atoms. The quantitative estimate of drug-likeness (QED) is 0.310. The number of aryl methyl sites for hydroxylation is 1. The van der Waals surface area contributed by atoms with E-state index in [4.69, 9.17) is 0 Å². The lowest BCUT2D eigenvalue weighted by atomic mass is 10.1. The fourth-order valence-corrected chi connectivity index (χ4v) is 3.94. The number of rotatable bonds is 9. The van der Waals surface area contributed by atoms with Gasteiger partial charge in [-0.1, -0.05) is 74.3 Å². The number of hydrogen-bond donors (Lipinski definition) is 0. The molecule has 1 heterocycles. The SMILES string of the molecule is CCCCCCCc1scc(C(=Cc2ccccc2)N(C)C)[n+]1C.[I-]. The Kier molecular flexibility index (Phi) is 10.4. The maximum Gasteiger partial charge on any atom is 0.239 e. The lowest BCUT2D eigenvalue weighted by Gasteiger charge is -2.14. The Balaban J connectivity index is 0.00000312. The summed E-state index contributed by atoms with van der Waals surface area (Å²) in [6.45, 7) is 2.27. The van der Waals surface area contributed by atoms with Crippen LogP contribution < -0.4 is 28.5 Å². The maximum atomic E-state index is 2.37. The number of aromatic nitrogens is 1. The molecule has 138 valence electrons. The van der Waals surface area contributed by atoms with E-state index in [-0.39, 0.29) is 24.0 Å². The number of thiazole rings is 1. The lowest BCUT2D eigenvalue weighted by Crippen LogP contribution is -3.00. The van der Waals surface area contributed by atoms with Gasteiger partial charge in [0, 0.05) is 20.5 Å². The first kappa shape index (κ1) is 22.2. The van der Waals surface area contributed by atoms with Gasteiger partial charge in [-0.2, -0.15) is 4.57 Å². The van der Waals surface area contributed by atoms with Gasteiger partial charge in [0.2, 0.25) is 10.7 Å². The van der Waals surface area contributed by atoms with Gasteiger partial charge in [0.05, 0.1) is 5.38 Å². The Bertz CT molecular complexity index is 647. The fourth-order valence-electron chi connectivity index (χ4n) is 2.89. The molecule has 1 aromatic carbocycles. The van der Waals surface area contributed by atoms with Gasteiger partial charge in [-0.15, -0.1) is 0 Å². The molecule has 0 radical (unpaired) electrons. The van der Waals surface area contributed by atoms with Crippen LogP contribution in [0.1, 0.15) is 55.3 Å². The molecule has 0 saturated heterocycles. The van der Waals surface area contributed by atoms with E-state index in [0.717, 1.165) is 0 Å². The minimum absolute atomic E-state index is 0. The summed E-state index contributed by atoms with van der Waals surface area (Å²) in [6, 6.07) is 10.6. The van der Waals surface area contributed by atoms with E-state index in [1.807, 2.05) is 11.3 Å². The van der Waals surface area contributed by atoms with Crippen molar-refractivity contribution in [1.82, 2.24) is 4.90 Å². The standard InChI is InChI=1S/C21H31N2S.HI/c1-5-6-7-8-12-15-21-23(4)20(17-24-21)19(22(2)3)16-18-13-10-9-11-14-18;/h9-11,13-14,16-17H,5-8,12,15H2,1-4H3;1H/q+1;/p-1. The van der Waals surface area contributed by atoms with Gasteiger partial charge in [0.1, 0.15) is 12.7 Å². The van der Waals surface area contributed by atoms with E-state index >= 15 is 0 Å². The Labute approximate surface area is 174 Å². The molecule has 25 heavy (non-hydrogen) atoms. The van der Waals surface area contributed by atoms with Crippen molar-refractivity contribution < 1.29 is 28.5 Å². The number of halogens is 1. The monoisotopic (exact) mass is 470 g/mol. The highest BCUT2D eigenvalue weighted by atomic mass is 127. The largest absolute Gasteiger partial charge is 1.00 e. The highest BCUT2D eigenvalue weighted by Gasteiger charge is 2.21. The summed E-state index contributed by atoms with van der Waals surface area (Å²) >= 11 is 1.89. The first-order valence-electron chi connectivity index (χ1n) is 9.04. The van der Waals surface area contributed by atoms with Gasteiger partial charge >= 0.3 is 0 Å². The zero-order chi connectivity index (χ0) is 17.4. The van der Waals surface area contributed by atoms with Crippen molar-refractivity contribution in [2.45, 2.75) is 45.4 Å². The van der Waals surface area contributed by atoms with Crippen LogP contribution in [0.25, 0.3) is 11.8 Å². The van der Waals surface area contributed by atoms with Gasteiger partial charge in [0.25, 0.3) is 0 Å². The van der Waals surface area contributed by atoms with Gasteiger partial charge in [-0.05, 0) is 18.1 Å². The number of benzene rings is 1. The van der Waals surface area contributed by atoms with E-state index in [0.29, 0.717) is 0 Å². The molecule has 0 saturated carbocycles. The smallest absolute Gasteiger partial charge is 0.239 e. The second-order valence-corrected chi connectivity index (χ2v) is 7.52. The molecule has 0 aliphatic carbocycles. The molecule has 0 atom stereocenters. The molecule has 2 aromatic rings. The molecule has 4 heteroatoms. The van der Waals surface area contributed by atoms with E-state index in [1.54, 1.807) is 0 Å². The topological polar surface area (TPSA) is 7.12 Å². The molecule has 0 amide bonds. The van der Waals surface area contributed by atoms with Crippen LogP contribution in [-0.4, -0.2) is 19.0 Å². The molecule has 2 nitrogen and oxygen atoms in total. The summed E-state index contributed by atoms with van der Waals surface area (Å²) in [4.78, 5) is 2.21. The van der Waals surface area contributed by atoms with Crippen molar-refractivity contribution in [3.63, 3.8) is 0 Å². The van der Waals surface area contributed by atoms with Crippen LogP contribution in [0.2, 0.25) is 0 Å². The van der Waals surface area contributed by atoms with Crippen LogP contribution in [0.5, 0.6) is 0 Å². The summed E-state index contributed by atoms with van der Waals surface area (Å²) in [5.41, 5.74) is 3.81. The summed E-state index contributed by atoms with van der Waals surface area (Å²) < 4.78 is 2.37. The Morgan fingerprint density at radius 3 is 2.40 bits per heavy atom. The first-order valence-corrected chi connectivity index (χ1v) is 9.92. The van der Waals surface area contributed by atoms with E-state index in [1.165, 1.54) is 60.5 Å². The fraction of sp³-hybridized carbons (Fsp3) is 0.476. The average Bonchev–Trinajstić information content (AvgIpc) is 2.94. The molecular formula is C21H31IN2S. The predicted octanol–water partition coefficient (Wildman–Crippen LogP) is 2.15. The van der Waals surface area contributed by atoms with Crippen molar-refractivity contribution in [3.05, 3.63) is 52.0 Å². The normalized spacial score (nSPS) is 11.3. The second kappa shape index (κ2) is 11.7. The summed E-state index contributed by atoms with van der Waals surface area (Å²) in [7, 11) is 6.45. The van der Waals surface area contributed by atoms with E-state index in [2.05, 4.69) is 79.3 Å². The van der Waals surface area contributed by atoms with Gasteiger partial charge in [-0.3, -0.25) is 0 Å². The van der Waals surface area contributed by atoms with Crippen molar-refractivity contribution >= 4 is 23.1 Å². The van der Waals surface area contributed by atoms with E-state index < -0.39 is 0 Å². The Morgan fingerprint density at radius 1 is 1.08 bits per heavy atom. The Morgan fingerprint density at radius 2 is 1.76 bits per heavy atom. The van der Waals surface area contributed by atoms with Crippen LogP contribution in [0.3, 0.4) is 0 Å². The van der Waals surface area contributed by atoms with Crippen LogP contribution in [-0.2, 0) is 13.5 Å². The summed E-state index contributed by atoms with van der Waals surface area (Å²) in [5.74, 6) is 0. The summed E-state index contributed by atoms with van der Waals surface area (Å²) in [6.07, 6.45) is 10.2. The molecule has 0 unspecified atom stereocenters. The summed E-state index contributed by atoms with van der Waals surface area (Å²) in [5, 5.41) is 3.78. The molecule has 0 aliphatic heterocycles. The Hall–Kier alpha value is -0.880. The zero-order valence-corrected chi connectivity index (χ0v) is 18.9. The van der Waals surface area contributed by atoms with Gasteiger partial charge in [0.15, 0.2) is 0 Å². The van der Waals surface area contributed by atoms with Crippen LogP contribution >= 0.6 is 11.3 Å². The molecule has 0 bridgehead atoms. The lowest BCUT2D eigenvalue weighted by molar-refractivity contribution is -0.676. The minimum Gasteiger partial charge on any atom is -1.00 e. The zero-order valence-electron chi connectivity index (χ0n) is 16.0. The maximum absolute atomic E-state index is 2.37. The van der Waals surface area contributed by atoms with Gasteiger partial charge < -0.3 is 28.9 Å². The third-order valence-electron chi connectivity index (χ3n) is 4.38. The third-order valence-corrected chi connectivity index (χ3v) is 5.47. The van der Waals surface area contributed by atoms with Crippen molar-refractivity contribution in [2.75, 3.05) is 14.1 Å². The number of hydrogen-bond acceptors (Lipinski definition) is 2. The van der Waals surface area contributed by atoms with Crippen molar-refractivity contribution in [2.24, 2.45) is 7.05 Å². The van der Waals surface area contributed by atoms with E-state index in [9.17, 15) is 0 Å². The molecule has 1 aromatic heterocycles. The molecule has 0 aliphatic rings. The van der Waals surface area contributed by atoms with Gasteiger partial charge in [-0.25, -0.2) is 0 Å². The molecular weight excluding hydrogens is 439 g/mol. The number of unbranched alkanes of at least 4 members (excludes halogenated alkanes) is 4. The highest BCUT2D eigenvalue weighted by Crippen LogP contribution is 2.22. The van der Waals surface area contributed by atoms with Crippen molar-refractivity contribution in [3.8, 4) is 0 Å². The molecule has 0 fully saturated rings. The second-order valence-electron chi connectivity index (χ2n) is 6.57. The van der Waals surface area contributed by atoms with Crippen LogP contribution in [0.15, 0.2) is 35.7 Å². The van der Waals surface area contributed by atoms with Crippen molar-refractivity contribution in [1.29, 1.82) is 0 Å². The minimum atomic E-state index is 0. The molecule has 2 rings (SSSR count). The predicted molar refractivity (Wildman–Crippen MR) is 106 cm³/mol. The molecule has 0 N–H and O–H groups in total. The first-order chi connectivity index (χ1) is 11.6. The third kappa shape index (κ3) is 6.74. The highest BCUT2D eigenvalue weighted by molar-refractivity contribution is 7.09.